The summed E-state index contributed by atoms with van der Waals surface area (Å²) in [4.78, 5) is 11.1. The Balaban J connectivity index is 3.03. The zero-order valence-electron chi connectivity index (χ0n) is 6.87. The van der Waals surface area contributed by atoms with Crippen molar-refractivity contribution >= 4 is 0 Å². The van der Waals surface area contributed by atoms with Crippen LogP contribution < -0.4 is 5.56 Å². The van der Waals surface area contributed by atoms with E-state index in [1.165, 1.54) is 4.68 Å². The largest absolute Gasteiger partial charge is 0.268 e. The van der Waals surface area contributed by atoms with Crippen molar-refractivity contribution in [3.63, 3.8) is 0 Å². The summed E-state index contributed by atoms with van der Waals surface area (Å²) in [7, 11) is 0. The molecule has 11 heavy (non-hydrogen) atoms. The van der Waals surface area contributed by atoms with Crippen LogP contribution in [0.3, 0.4) is 0 Å². The molecule has 0 saturated heterocycles. The van der Waals surface area contributed by atoms with Crippen LogP contribution in [-0.4, -0.2) is 9.78 Å². The highest BCUT2D eigenvalue weighted by atomic mass is 16.1. The second-order valence-corrected chi connectivity index (χ2v) is 2.54. The highest BCUT2D eigenvalue weighted by molar-refractivity contribution is 4.96. The molecule has 0 radical (unpaired) electrons. The highest BCUT2D eigenvalue weighted by Gasteiger charge is 1.94. The number of rotatable bonds is 2. The molecule has 0 aliphatic heterocycles. The molecule has 0 unspecified atom stereocenters. The molecule has 0 N–H and O–H groups in total. The maximum absolute atomic E-state index is 11.1. The SMILES string of the molecule is CCCn1nc(C)ccc1=O. The van der Waals surface area contributed by atoms with E-state index in [0.717, 1.165) is 12.1 Å². The molecule has 3 heteroatoms. The van der Waals surface area contributed by atoms with Gasteiger partial charge in [-0.1, -0.05) is 6.92 Å². The Labute approximate surface area is 65.7 Å². The zero-order valence-corrected chi connectivity index (χ0v) is 6.87. The minimum Gasteiger partial charge on any atom is -0.268 e. The Morgan fingerprint density at radius 1 is 1.55 bits per heavy atom. The van der Waals surface area contributed by atoms with E-state index in [0.29, 0.717) is 6.54 Å². The van der Waals surface area contributed by atoms with Crippen LogP contribution in [0.4, 0.5) is 0 Å². The maximum Gasteiger partial charge on any atom is 0.266 e. The van der Waals surface area contributed by atoms with E-state index in [4.69, 9.17) is 0 Å². The van der Waals surface area contributed by atoms with Gasteiger partial charge in [0.1, 0.15) is 0 Å². The molecule has 0 atom stereocenters. The van der Waals surface area contributed by atoms with E-state index in [9.17, 15) is 4.79 Å². The van der Waals surface area contributed by atoms with Gasteiger partial charge in [-0.3, -0.25) is 4.79 Å². The molecule has 1 aromatic heterocycles. The van der Waals surface area contributed by atoms with Gasteiger partial charge < -0.3 is 0 Å². The summed E-state index contributed by atoms with van der Waals surface area (Å²) in [5, 5.41) is 4.07. The Bertz CT molecular complexity index is 290. The lowest BCUT2D eigenvalue weighted by molar-refractivity contribution is 0.561. The molecule has 1 rings (SSSR count). The second kappa shape index (κ2) is 3.32. The first-order valence-electron chi connectivity index (χ1n) is 3.79. The highest BCUT2D eigenvalue weighted by Crippen LogP contribution is 1.87. The topological polar surface area (TPSA) is 34.9 Å². The van der Waals surface area contributed by atoms with Crippen LogP contribution in [-0.2, 0) is 6.54 Å². The van der Waals surface area contributed by atoms with Crippen LogP contribution in [0.2, 0.25) is 0 Å². The molecular formula is C8H12N2O. The summed E-state index contributed by atoms with van der Waals surface area (Å²) in [5.41, 5.74) is 0.871. The lowest BCUT2D eigenvalue weighted by Crippen LogP contribution is -2.22. The monoisotopic (exact) mass is 152 g/mol. The Morgan fingerprint density at radius 2 is 2.27 bits per heavy atom. The van der Waals surface area contributed by atoms with Gasteiger partial charge in [-0.15, -0.1) is 0 Å². The van der Waals surface area contributed by atoms with E-state index in [1.807, 2.05) is 13.8 Å². The normalized spacial score (nSPS) is 10.0. The molecule has 0 spiro atoms. The summed E-state index contributed by atoms with van der Waals surface area (Å²) in [6, 6.07) is 3.28. The molecule has 0 fully saturated rings. The van der Waals surface area contributed by atoms with Crippen molar-refractivity contribution in [2.45, 2.75) is 26.8 Å². The average Bonchev–Trinajstić information content (AvgIpc) is 1.98. The van der Waals surface area contributed by atoms with Gasteiger partial charge in [0.15, 0.2) is 0 Å². The van der Waals surface area contributed by atoms with E-state index < -0.39 is 0 Å². The standard InChI is InChI=1S/C8H12N2O/c1-3-6-10-8(11)5-4-7(2)9-10/h4-5H,3,6H2,1-2H3. The second-order valence-electron chi connectivity index (χ2n) is 2.54. The zero-order chi connectivity index (χ0) is 8.27. The molecule has 0 bridgehead atoms. The number of nitrogens with zero attached hydrogens (tertiary/aromatic N) is 2. The molecule has 1 aromatic rings. The number of hydrogen-bond donors (Lipinski definition) is 0. The molecule has 0 aliphatic carbocycles. The fourth-order valence-corrected chi connectivity index (χ4v) is 0.923. The lowest BCUT2D eigenvalue weighted by Gasteiger charge is -2.01. The van der Waals surface area contributed by atoms with E-state index in [1.54, 1.807) is 12.1 Å². The third-order valence-electron chi connectivity index (χ3n) is 1.44. The van der Waals surface area contributed by atoms with Gasteiger partial charge in [0, 0.05) is 12.6 Å². The van der Waals surface area contributed by atoms with Crippen molar-refractivity contribution in [1.82, 2.24) is 9.78 Å². The molecule has 0 aromatic carbocycles. The number of hydrogen-bond acceptors (Lipinski definition) is 2. The average molecular weight is 152 g/mol. The van der Waals surface area contributed by atoms with Crippen molar-refractivity contribution in [2.24, 2.45) is 0 Å². The summed E-state index contributed by atoms with van der Waals surface area (Å²) in [6.45, 7) is 4.61. The fourth-order valence-electron chi connectivity index (χ4n) is 0.923. The van der Waals surface area contributed by atoms with Gasteiger partial charge in [0.25, 0.3) is 5.56 Å². The van der Waals surface area contributed by atoms with Gasteiger partial charge in [-0.25, -0.2) is 4.68 Å². The molecular weight excluding hydrogens is 140 g/mol. The van der Waals surface area contributed by atoms with Gasteiger partial charge >= 0.3 is 0 Å². The van der Waals surface area contributed by atoms with E-state index in [2.05, 4.69) is 5.10 Å². The Hall–Kier alpha value is -1.12. The van der Waals surface area contributed by atoms with Crippen molar-refractivity contribution in [2.75, 3.05) is 0 Å². The van der Waals surface area contributed by atoms with Crippen LogP contribution in [0.1, 0.15) is 19.0 Å². The molecule has 0 aliphatic rings. The molecule has 1 heterocycles. The van der Waals surface area contributed by atoms with Crippen molar-refractivity contribution < 1.29 is 0 Å². The van der Waals surface area contributed by atoms with Crippen LogP contribution in [0, 0.1) is 6.92 Å². The first-order chi connectivity index (χ1) is 5.24. The summed E-state index contributed by atoms with van der Waals surface area (Å²) in [6.07, 6.45) is 0.941. The van der Waals surface area contributed by atoms with Crippen LogP contribution >= 0.6 is 0 Å². The third kappa shape index (κ3) is 1.90. The fraction of sp³-hybridized carbons (Fsp3) is 0.500. The molecule has 60 valence electrons. The quantitative estimate of drug-likeness (QED) is 0.632. The summed E-state index contributed by atoms with van der Waals surface area (Å²) < 4.78 is 1.50. The minimum absolute atomic E-state index is 0.0162. The van der Waals surface area contributed by atoms with Gasteiger partial charge in [0.2, 0.25) is 0 Å². The molecule has 3 nitrogen and oxygen atoms in total. The maximum atomic E-state index is 11.1. The number of aryl methyl sites for hydroxylation is 2. The third-order valence-corrected chi connectivity index (χ3v) is 1.44. The van der Waals surface area contributed by atoms with Crippen molar-refractivity contribution in [3.8, 4) is 0 Å². The molecule has 0 amide bonds. The van der Waals surface area contributed by atoms with Gasteiger partial charge in [-0.05, 0) is 19.4 Å². The Kier molecular flexibility index (Phi) is 2.41. The summed E-state index contributed by atoms with van der Waals surface area (Å²) in [5.74, 6) is 0. The Morgan fingerprint density at radius 3 is 2.91 bits per heavy atom. The van der Waals surface area contributed by atoms with Crippen LogP contribution in [0.25, 0.3) is 0 Å². The van der Waals surface area contributed by atoms with Crippen molar-refractivity contribution in [3.05, 3.63) is 28.2 Å². The first-order valence-corrected chi connectivity index (χ1v) is 3.79. The minimum atomic E-state index is -0.0162. The lowest BCUT2D eigenvalue weighted by atomic mass is 10.4. The predicted octanol–water partition coefficient (Wildman–Crippen LogP) is 0.962. The van der Waals surface area contributed by atoms with E-state index in [-0.39, 0.29) is 5.56 Å². The van der Waals surface area contributed by atoms with E-state index >= 15 is 0 Å². The number of aromatic nitrogens is 2. The van der Waals surface area contributed by atoms with Gasteiger partial charge in [-0.2, -0.15) is 5.10 Å². The predicted molar refractivity (Wildman–Crippen MR) is 43.5 cm³/mol. The first kappa shape index (κ1) is 7.98. The molecule has 0 saturated carbocycles. The van der Waals surface area contributed by atoms with Crippen LogP contribution in [0.5, 0.6) is 0 Å². The van der Waals surface area contributed by atoms with Crippen molar-refractivity contribution in [1.29, 1.82) is 0 Å². The smallest absolute Gasteiger partial charge is 0.266 e. The van der Waals surface area contributed by atoms with Gasteiger partial charge in [0.05, 0.1) is 5.69 Å². The van der Waals surface area contributed by atoms with Crippen LogP contribution in [0.15, 0.2) is 16.9 Å². The summed E-state index contributed by atoms with van der Waals surface area (Å²) >= 11 is 0.